The molecule has 5 nitrogen and oxygen atoms in total. The second kappa shape index (κ2) is 5.40. The molecule has 2 fully saturated rings. The molecule has 2 saturated heterocycles. The van der Waals surface area contributed by atoms with E-state index in [0.29, 0.717) is 6.04 Å². The van der Waals surface area contributed by atoms with Gasteiger partial charge in [0.15, 0.2) is 0 Å². The van der Waals surface area contributed by atoms with Crippen molar-refractivity contribution in [2.24, 2.45) is 0 Å². The van der Waals surface area contributed by atoms with Gasteiger partial charge in [-0.1, -0.05) is 6.42 Å². The van der Waals surface area contributed by atoms with Crippen molar-refractivity contribution in [1.29, 1.82) is 0 Å². The van der Waals surface area contributed by atoms with Gasteiger partial charge in [-0.05, 0) is 44.9 Å². The van der Waals surface area contributed by atoms with Crippen molar-refractivity contribution in [1.82, 2.24) is 15.2 Å². The average molecular weight is 275 g/mol. The molecule has 2 N–H and O–H groups in total. The highest BCUT2D eigenvalue weighted by Gasteiger charge is 2.36. The minimum atomic E-state index is -0.305. The topological polar surface area (TPSA) is 65.2 Å². The molecule has 1 aromatic rings. The van der Waals surface area contributed by atoms with Crippen LogP contribution in [0.15, 0.2) is 16.9 Å². The van der Waals surface area contributed by atoms with E-state index in [0.717, 1.165) is 31.6 Å². The molecule has 0 bridgehead atoms. The van der Waals surface area contributed by atoms with Gasteiger partial charge in [-0.3, -0.25) is 14.5 Å². The van der Waals surface area contributed by atoms with Gasteiger partial charge in [-0.15, -0.1) is 0 Å². The van der Waals surface area contributed by atoms with Crippen molar-refractivity contribution < 1.29 is 4.79 Å². The van der Waals surface area contributed by atoms with E-state index in [4.69, 9.17) is 0 Å². The van der Waals surface area contributed by atoms with Gasteiger partial charge in [0.1, 0.15) is 5.56 Å². The lowest BCUT2D eigenvalue weighted by molar-refractivity contribution is 0.0914. The van der Waals surface area contributed by atoms with Gasteiger partial charge in [0, 0.05) is 24.3 Å². The molecule has 0 saturated carbocycles. The molecule has 3 heterocycles. The number of nitrogens with zero attached hydrogens (tertiary/aromatic N) is 1. The highest BCUT2D eigenvalue weighted by molar-refractivity contribution is 5.94. The molecule has 2 aliphatic heterocycles. The van der Waals surface area contributed by atoms with E-state index in [9.17, 15) is 9.59 Å². The van der Waals surface area contributed by atoms with E-state index < -0.39 is 0 Å². The van der Waals surface area contributed by atoms with Crippen molar-refractivity contribution in [2.45, 2.75) is 44.7 Å². The number of amides is 1. The van der Waals surface area contributed by atoms with E-state index in [-0.39, 0.29) is 23.1 Å². The van der Waals surface area contributed by atoms with Crippen LogP contribution in [0, 0.1) is 6.92 Å². The van der Waals surface area contributed by atoms with Gasteiger partial charge >= 0.3 is 0 Å². The maximum Gasteiger partial charge on any atom is 0.260 e. The number of carbonyl (C=O) groups is 1. The first-order valence-electron chi connectivity index (χ1n) is 7.40. The quantitative estimate of drug-likeness (QED) is 0.847. The van der Waals surface area contributed by atoms with Gasteiger partial charge in [0.2, 0.25) is 0 Å². The van der Waals surface area contributed by atoms with Crippen LogP contribution in [-0.4, -0.2) is 41.0 Å². The largest absolute Gasteiger partial charge is 0.348 e. The van der Waals surface area contributed by atoms with Crippen molar-refractivity contribution in [2.75, 3.05) is 13.1 Å². The standard InChI is InChI=1S/C15H21N3O2/c1-10-5-6-11(14(19)16-10)15(20)17-12-7-9-18-8-3-2-4-13(12)18/h5-6,12-13H,2-4,7-9H2,1H3,(H,16,19)(H,17,20)/t12-,13+/m0/s1. The molecule has 20 heavy (non-hydrogen) atoms. The van der Waals surface area contributed by atoms with Crippen LogP contribution in [0.4, 0.5) is 0 Å². The summed E-state index contributed by atoms with van der Waals surface area (Å²) in [5, 5.41) is 3.05. The van der Waals surface area contributed by atoms with E-state index in [1.54, 1.807) is 19.1 Å². The zero-order valence-corrected chi connectivity index (χ0v) is 11.8. The zero-order chi connectivity index (χ0) is 14.1. The maximum absolute atomic E-state index is 12.3. The maximum atomic E-state index is 12.3. The fraction of sp³-hybridized carbons (Fsp3) is 0.600. The summed E-state index contributed by atoms with van der Waals surface area (Å²) in [4.78, 5) is 29.2. The number of aromatic amines is 1. The summed E-state index contributed by atoms with van der Waals surface area (Å²) in [7, 11) is 0. The van der Waals surface area contributed by atoms with Crippen LogP contribution in [-0.2, 0) is 0 Å². The molecule has 1 aromatic heterocycles. The van der Waals surface area contributed by atoms with E-state index in [1.165, 1.54) is 12.8 Å². The highest BCUT2D eigenvalue weighted by atomic mass is 16.2. The molecule has 0 aliphatic carbocycles. The lowest BCUT2D eigenvalue weighted by Crippen LogP contribution is -2.47. The van der Waals surface area contributed by atoms with Crippen LogP contribution in [0.1, 0.15) is 41.7 Å². The van der Waals surface area contributed by atoms with E-state index in [2.05, 4.69) is 15.2 Å². The monoisotopic (exact) mass is 275 g/mol. The van der Waals surface area contributed by atoms with Gasteiger partial charge in [0.25, 0.3) is 11.5 Å². The number of pyridine rings is 1. The Hall–Kier alpha value is -1.62. The van der Waals surface area contributed by atoms with Crippen LogP contribution in [0.25, 0.3) is 0 Å². The van der Waals surface area contributed by atoms with Crippen LogP contribution < -0.4 is 10.9 Å². The van der Waals surface area contributed by atoms with Crippen LogP contribution in [0.5, 0.6) is 0 Å². The average Bonchev–Trinajstić information content (AvgIpc) is 2.82. The lowest BCUT2D eigenvalue weighted by Gasteiger charge is -2.32. The first-order chi connectivity index (χ1) is 9.65. The number of hydrogen-bond acceptors (Lipinski definition) is 3. The summed E-state index contributed by atoms with van der Waals surface area (Å²) in [6.45, 7) is 4.00. The third kappa shape index (κ3) is 2.50. The fourth-order valence-electron chi connectivity index (χ4n) is 3.41. The van der Waals surface area contributed by atoms with Gasteiger partial charge in [0.05, 0.1) is 0 Å². The SMILES string of the molecule is Cc1ccc(C(=O)N[C@H]2CCN3CCCC[C@H]23)c(=O)[nH]1. The number of H-pyrrole nitrogens is 1. The number of fused-ring (bicyclic) bond motifs is 1. The number of aromatic nitrogens is 1. The predicted octanol–water partition coefficient (Wildman–Crippen LogP) is 1.04. The van der Waals surface area contributed by atoms with Crippen LogP contribution in [0.2, 0.25) is 0 Å². The lowest BCUT2D eigenvalue weighted by atomic mass is 9.99. The summed E-state index contributed by atoms with van der Waals surface area (Å²) in [5.41, 5.74) is 0.678. The Kier molecular flexibility index (Phi) is 3.61. The van der Waals surface area contributed by atoms with E-state index >= 15 is 0 Å². The normalized spacial score (nSPS) is 26.2. The smallest absolute Gasteiger partial charge is 0.260 e. The molecule has 1 amide bonds. The molecule has 0 unspecified atom stereocenters. The van der Waals surface area contributed by atoms with Crippen LogP contribution >= 0.6 is 0 Å². The summed E-state index contributed by atoms with van der Waals surface area (Å²) in [5.74, 6) is -0.247. The fourth-order valence-corrected chi connectivity index (χ4v) is 3.41. The van der Waals surface area contributed by atoms with Gasteiger partial charge in [-0.25, -0.2) is 0 Å². The number of aryl methyl sites for hydroxylation is 1. The number of rotatable bonds is 2. The van der Waals surface area contributed by atoms with Crippen molar-refractivity contribution in [3.05, 3.63) is 33.7 Å². The minimum Gasteiger partial charge on any atom is -0.348 e. The Labute approximate surface area is 118 Å². The first kappa shape index (κ1) is 13.4. The summed E-state index contributed by atoms with van der Waals surface area (Å²) in [6.07, 6.45) is 4.63. The van der Waals surface area contributed by atoms with E-state index in [1.807, 2.05) is 0 Å². The number of nitrogens with one attached hydrogen (secondary N) is 2. The molecule has 5 heteroatoms. The third-order valence-corrected chi connectivity index (χ3v) is 4.47. The molecule has 108 valence electrons. The molecule has 0 aromatic carbocycles. The number of hydrogen-bond donors (Lipinski definition) is 2. The Balaban J connectivity index is 1.71. The van der Waals surface area contributed by atoms with Crippen molar-refractivity contribution in [3.63, 3.8) is 0 Å². The Bertz CT molecular complexity index is 566. The van der Waals surface area contributed by atoms with Crippen molar-refractivity contribution >= 4 is 5.91 Å². The molecule has 3 rings (SSSR count). The minimum absolute atomic E-state index is 0.184. The van der Waals surface area contributed by atoms with Crippen molar-refractivity contribution in [3.8, 4) is 0 Å². The second-order valence-corrected chi connectivity index (χ2v) is 5.85. The van der Waals surface area contributed by atoms with Gasteiger partial charge in [-0.2, -0.15) is 0 Å². The Morgan fingerprint density at radius 1 is 1.30 bits per heavy atom. The summed E-state index contributed by atoms with van der Waals surface area (Å²) >= 11 is 0. The Morgan fingerprint density at radius 2 is 2.15 bits per heavy atom. The highest BCUT2D eigenvalue weighted by Crippen LogP contribution is 2.27. The zero-order valence-electron chi connectivity index (χ0n) is 11.8. The third-order valence-electron chi connectivity index (χ3n) is 4.47. The summed E-state index contributed by atoms with van der Waals surface area (Å²) in [6, 6.07) is 4.01. The number of carbonyl (C=O) groups excluding carboxylic acids is 1. The molecule has 2 atom stereocenters. The number of piperidine rings is 1. The van der Waals surface area contributed by atoms with Crippen LogP contribution in [0.3, 0.4) is 0 Å². The molecule has 2 aliphatic rings. The summed E-state index contributed by atoms with van der Waals surface area (Å²) < 4.78 is 0. The molecule has 0 radical (unpaired) electrons. The van der Waals surface area contributed by atoms with Gasteiger partial charge < -0.3 is 10.3 Å². The molecular weight excluding hydrogens is 254 g/mol. The predicted molar refractivity (Wildman–Crippen MR) is 76.9 cm³/mol. The first-order valence-corrected chi connectivity index (χ1v) is 7.40. The second-order valence-electron chi connectivity index (χ2n) is 5.85. The molecule has 0 spiro atoms. The Morgan fingerprint density at radius 3 is 2.95 bits per heavy atom. The molecular formula is C15H21N3O2.